The molecule has 0 aliphatic rings. The Morgan fingerprint density at radius 1 is 1.45 bits per heavy atom. The van der Waals surface area contributed by atoms with E-state index in [2.05, 4.69) is 11.6 Å². The Morgan fingerprint density at radius 2 is 2.23 bits per heavy atom. The van der Waals surface area contributed by atoms with Crippen molar-refractivity contribution in [3.8, 4) is 0 Å². The molecule has 1 amide bonds. The first kappa shape index (κ1) is 13.7. The number of amides is 1. The lowest BCUT2D eigenvalue weighted by atomic mass is 10.2. The molecule has 0 bridgehead atoms. The van der Waals surface area contributed by atoms with Crippen LogP contribution in [0, 0.1) is 5.41 Å². The number of fused-ring (bicyclic) bond motifs is 2. The molecule has 0 spiro atoms. The maximum atomic E-state index is 12.6. The summed E-state index contributed by atoms with van der Waals surface area (Å²) in [5.74, 6) is -0.762. The number of allylic oxidation sites excluding steroid dienone is 1. The van der Waals surface area contributed by atoms with Crippen molar-refractivity contribution in [3.63, 3.8) is 0 Å². The highest BCUT2D eigenvalue weighted by Gasteiger charge is 2.14. The van der Waals surface area contributed by atoms with E-state index in [1.165, 1.54) is 15.0 Å². The summed E-state index contributed by atoms with van der Waals surface area (Å²) in [6.07, 6.45) is 3.16. The van der Waals surface area contributed by atoms with E-state index in [1.807, 2.05) is 0 Å². The molecule has 7 heteroatoms. The number of pyridine rings is 2. The maximum Gasteiger partial charge on any atom is 0.267 e. The maximum absolute atomic E-state index is 12.6. The van der Waals surface area contributed by atoms with E-state index in [0.29, 0.717) is 11.3 Å². The summed E-state index contributed by atoms with van der Waals surface area (Å²) in [6.45, 7) is 3.87. The quantitative estimate of drug-likeness (QED) is 0.540. The molecule has 110 valence electrons. The van der Waals surface area contributed by atoms with Gasteiger partial charge in [0.2, 0.25) is 0 Å². The third-order valence-corrected chi connectivity index (χ3v) is 3.40. The van der Waals surface area contributed by atoms with Gasteiger partial charge in [-0.2, -0.15) is 0 Å². The average Bonchev–Trinajstić information content (AvgIpc) is 2.50. The van der Waals surface area contributed by atoms with Crippen molar-refractivity contribution in [2.45, 2.75) is 6.54 Å². The summed E-state index contributed by atoms with van der Waals surface area (Å²) in [5.41, 5.74) is 5.66. The van der Waals surface area contributed by atoms with E-state index in [1.54, 1.807) is 30.5 Å². The van der Waals surface area contributed by atoms with Gasteiger partial charge in [0.1, 0.15) is 16.8 Å². The fourth-order valence-corrected chi connectivity index (χ4v) is 2.38. The van der Waals surface area contributed by atoms with Gasteiger partial charge in [-0.1, -0.05) is 12.1 Å². The van der Waals surface area contributed by atoms with Crippen LogP contribution in [0.25, 0.3) is 16.7 Å². The van der Waals surface area contributed by atoms with E-state index < -0.39 is 5.91 Å². The molecule has 3 aromatic rings. The molecule has 0 radical (unpaired) electrons. The molecular formula is C15H13N5O2. The molecule has 0 aromatic carbocycles. The molecule has 3 aromatic heterocycles. The van der Waals surface area contributed by atoms with Gasteiger partial charge in [0, 0.05) is 12.7 Å². The minimum absolute atomic E-state index is 0.0240. The minimum Gasteiger partial charge on any atom is -0.365 e. The molecular weight excluding hydrogens is 282 g/mol. The van der Waals surface area contributed by atoms with Crippen molar-refractivity contribution in [2.24, 2.45) is 5.73 Å². The molecule has 0 unspecified atom stereocenters. The largest absolute Gasteiger partial charge is 0.365 e. The van der Waals surface area contributed by atoms with E-state index in [-0.39, 0.29) is 28.5 Å². The van der Waals surface area contributed by atoms with Gasteiger partial charge in [-0.05, 0) is 18.2 Å². The van der Waals surface area contributed by atoms with Crippen LogP contribution in [0.4, 0.5) is 0 Å². The molecule has 0 aliphatic heterocycles. The van der Waals surface area contributed by atoms with Gasteiger partial charge in [0.25, 0.3) is 11.5 Å². The van der Waals surface area contributed by atoms with Crippen molar-refractivity contribution < 1.29 is 4.79 Å². The molecule has 3 rings (SSSR count). The van der Waals surface area contributed by atoms with E-state index >= 15 is 0 Å². The van der Waals surface area contributed by atoms with Crippen LogP contribution in [0.5, 0.6) is 0 Å². The lowest BCUT2D eigenvalue weighted by Gasteiger charge is -2.11. The van der Waals surface area contributed by atoms with E-state index in [9.17, 15) is 9.59 Å². The molecule has 3 heterocycles. The predicted molar refractivity (Wildman–Crippen MR) is 81.5 cm³/mol. The molecule has 7 nitrogen and oxygen atoms in total. The fourth-order valence-electron chi connectivity index (χ4n) is 2.38. The first-order valence-corrected chi connectivity index (χ1v) is 6.55. The molecule has 0 atom stereocenters. The van der Waals surface area contributed by atoms with Crippen LogP contribution < -0.4 is 16.8 Å². The summed E-state index contributed by atoms with van der Waals surface area (Å²) in [6, 6.07) is 6.51. The first-order chi connectivity index (χ1) is 10.5. The Bertz CT molecular complexity index is 1050. The van der Waals surface area contributed by atoms with Crippen LogP contribution in [0.3, 0.4) is 0 Å². The zero-order valence-electron chi connectivity index (χ0n) is 11.6. The second-order valence-corrected chi connectivity index (χ2v) is 4.75. The third-order valence-electron chi connectivity index (χ3n) is 3.40. The summed E-state index contributed by atoms with van der Waals surface area (Å²) >= 11 is 0. The Hall–Kier alpha value is -3.22. The highest BCUT2D eigenvalue weighted by molar-refractivity contribution is 5.95. The van der Waals surface area contributed by atoms with Gasteiger partial charge in [-0.15, -0.1) is 6.58 Å². The predicted octanol–water partition coefficient (Wildman–Crippen LogP) is 0.414. The summed E-state index contributed by atoms with van der Waals surface area (Å²) < 4.78 is 2.83. The number of nitrogens with one attached hydrogen (secondary N) is 1. The number of primary amides is 1. The summed E-state index contributed by atoms with van der Waals surface area (Å²) in [7, 11) is 0. The summed E-state index contributed by atoms with van der Waals surface area (Å²) in [5, 5.41) is 8.34. The van der Waals surface area contributed by atoms with Gasteiger partial charge in [0.05, 0.1) is 10.9 Å². The standard InChI is InChI=1S/C15H13N5O2/c1-2-6-20-12(16)9(13(17)21)8-10-14(20)18-11-5-3-4-7-19(11)15(10)22/h2-5,7-8,16H,1,6H2,(H2,17,21). The zero-order valence-corrected chi connectivity index (χ0v) is 11.6. The SMILES string of the molecule is C=CCn1c(=N)c(C(N)=O)cc2c(=O)n3ccccc3nc21. The van der Waals surface area contributed by atoms with Crippen LogP contribution in [0.1, 0.15) is 10.4 Å². The van der Waals surface area contributed by atoms with Crippen molar-refractivity contribution in [2.75, 3.05) is 0 Å². The first-order valence-electron chi connectivity index (χ1n) is 6.55. The number of aromatic nitrogens is 3. The molecule has 0 saturated carbocycles. The number of hydrogen-bond acceptors (Lipinski definition) is 4. The fraction of sp³-hybridized carbons (Fsp3) is 0.0667. The Labute approximate surface area is 124 Å². The lowest BCUT2D eigenvalue weighted by Crippen LogP contribution is -2.32. The van der Waals surface area contributed by atoms with Crippen molar-refractivity contribution in [1.29, 1.82) is 5.41 Å². The van der Waals surface area contributed by atoms with Crippen LogP contribution in [-0.4, -0.2) is 19.9 Å². The van der Waals surface area contributed by atoms with Gasteiger partial charge < -0.3 is 10.3 Å². The third kappa shape index (κ3) is 1.91. The second kappa shape index (κ2) is 4.96. The van der Waals surface area contributed by atoms with Crippen molar-refractivity contribution in [3.05, 3.63) is 64.5 Å². The number of rotatable bonds is 3. The van der Waals surface area contributed by atoms with Crippen LogP contribution in [0.2, 0.25) is 0 Å². The van der Waals surface area contributed by atoms with Crippen LogP contribution in [-0.2, 0) is 6.54 Å². The smallest absolute Gasteiger partial charge is 0.267 e. The van der Waals surface area contributed by atoms with Gasteiger partial charge in [-0.25, -0.2) is 4.98 Å². The highest BCUT2D eigenvalue weighted by Crippen LogP contribution is 2.09. The molecule has 22 heavy (non-hydrogen) atoms. The molecule has 0 saturated heterocycles. The van der Waals surface area contributed by atoms with Crippen LogP contribution >= 0.6 is 0 Å². The number of nitrogens with two attached hydrogens (primary N) is 1. The average molecular weight is 295 g/mol. The zero-order chi connectivity index (χ0) is 15.9. The van der Waals surface area contributed by atoms with Crippen LogP contribution in [0.15, 0.2) is 47.9 Å². The van der Waals surface area contributed by atoms with Crippen molar-refractivity contribution >= 4 is 22.6 Å². The van der Waals surface area contributed by atoms with Crippen molar-refractivity contribution in [1.82, 2.24) is 14.0 Å². The molecule has 0 aliphatic carbocycles. The lowest BCUT2D eigenvalue weighted by molar-refractivity contribution is 0.0998. The van der Waals surface area contributed by atoms with Gasteiger partial charge in [-0.3, -0.25) is 19.4 Å². The summed E-state index contributed by atoms with van der Waals surface area (Å²) in [4.78, 5) is 28.6. The van der Waals surface area contributed by atoms with Gasteiger partial charge >= 0.3 is 0 Å². The van der Waals surface area contributed by atoms with Gasteiger partial charge in [0.15, 0.2) is 0 Å². The number of carbonyl (C=O) groups excluding carboxylic acids is 1. The monoisotopic (exact) mass is 295 g/mol. The topological polar surface area (TPSA) is 106 Å². The highest BCUT2D eigenvalue weighted by atomic mass is 16.1. The number of carbonyl (C=O) groups is 1. The molecule has 0 fully saturated rings. The van der Waals surface area contributed by atoms with E-state index in [4.69, 9.17) is 11.1 Å². The minimum atomic E-state index is -0.762. The Balaban J connectivity index is 2.61. The number of nitrogens with zero attached hydrogens (tertiary/aromatic N) is 3. The number of hydrogen-bond donors (Lipinski definition) is 2. The second-order valence-electron chi connectivity index (χ2n) is 4.75. The Morgan fingerprint density at radius 3 is 2.91 bits per heavy atom. The van der Waals surface area contributed by atoms with E-state index in [0.717, 1.165) is 0 Å². The normalized spacial score (nSPS) is 10.9. The molecule has 3 N–H and O–H groups in total. The Kier molecular flexibility index (Phi) is 3.10.